The van der Waals surface area contributed by atoms with Gasteiger partial charge in [-0.25, -0.2) is 8.42 Å². The van der Waals surface area contributed by atoms with E-state index < -0.39 is 16.0 Å². The molecule has 0 saturated carbocycles. The van der Waals surface area contributed by atoms with Gasteiger partial charge in [0.15, 0.2) is 0 Å². The highest BCUT2D eigenvalue weighted by molar-refractivity contribution is 7.89. The van der Waals surface area contributed by atoms with Crippen LogP contribution in [0.3, 0.4) is 0 Å². The van der Waals surface area contributed by atoms with Crippen molar-refractivity contribution < 1.29 is 23.1 Å². The molecule has 1 amide bonds. The molecule has 132 valence electrons. The smallest absolute Gasteiger partial charge is 0.303 e. The Morgan fingerprint density at radius 1 is 1.04 bits per heavy atom. The molecule has 0 radical (unpaired) electrons. The van der Waals surface area contributed by atoms with Crippen LogP contribution in [0.5, 0.6) is 0 Å². The van der Waals surface area contributed by atoms with E-state index in [4.69, 9.17) is 5.11 Å². The van der Waals surface area contributed by atoms with Gasteiger partial charge in [0.05, 0.1) is 11.3 Å². The Morgan fingerprint density at radius 2 is 1.67 bits per heavy atom. The Hall–Kier alpha value is -1.93. The maximum absolute atomic E-state index is 12.7. The van der Waals surface area contributed by atoms with E-state index >= 15 is 0 Å². The van der Waals surface area contributed by atoms with Crippen LogP contribution in [0, 0.1) is 13.8 Å². The topological polar surface area (TPSA) is 95.0 Å². The number of carbonyl (C=O) groups excluding carboxylic acids is 1. The SMILES string of the molecule is Cc1ccc(S(=O)(=O)N2CCN(C(=O)CCC(=O)O)CC2)cc1C. The van der Waals surface area contributed by atoms with Gasteiger partial charge in [0.25, 0.3) is 0 Å². The van der Waals surface area contributed by atoms with Crippen LogP contribution in [0.2, 0.25) is 0 Å². The number of nitrogens with zero attached hydrogens (tertiary/aromatic N) is 2. The van der Waals surface area contributed by atoms with Crippen molar-refractivity contribution in [3.8, 4) is 0 Å². The molecule has 0 spiro atoms. The molecule has 8 heteroatoms. The van der Waals surface area contributed by atoms with Gasteiger partial charge in [-0.3, -0.25) is 9.59 Å². The first-order valence-electron chi connectivity index (χ1n) is 7.79. The van der Waals surface area contributed by atoms with Gasteiger partial charge in [0, 0.05) is 32.6 Å². The Bertz CT molecular complexity index is 737. The van der Waals surface area contributed by atoms with E-state index in [0.29, 0.717) is 0 Å². The summed E-state index contributed by atoms with van der Waals surface area (Å²) in [5.41, 5.74) is 1.95. The number of sulfonamides is 1. The lowest BCUT2D eigenvalue weighted by molar-refractivity contribution is -0.141. The third kappa shape index (κ3) is 4.12. The van der Waals surface area contributed by atoms with Gasteiger partial charge < -0.3 is 10.0 Å². The van der Waals surface area contributed by atoms with Crippen molar-refractivity contribution in [2.45, 2.75) is 31.6 Å². The summed E-state index contributed by atoms with van der Waals surface area (Å²) in [6, 6.07) is 5.05. The zero-order valence-electron chi connectivity index (χ0n) is 13.9. The zero-order chi connectivity index (χ0) is 17.9. The van der Waals surface area contributed by atoms with Crippen molar-refractivity contribution in [2.24, 2.45) is 0 Å². The van der Waals surface area contributed by atoms with Crippen LogP contribution in [-0.4, -0.2) is 60.8 Å². The number of amides is 1. The van der Waals surface area contributed by atoms with Crippen molar-refractivity contribution in [1.82, 2.24) is 9.21 Å². The molecule has 0 aliphatic carbocycles. The minimum atomic E-state index is -3.57. The number of aryl methyl sites for hydroxylation is 2. The molecule has 1 fully saturated rings. The molecule has 24 heavy (non-hydrogen) atoms. The average Bonchev–Trinajstić information content (AvgIpc) is 2.55. The normalized spacial score (nSPS) is 16.2. The summed E-state index contributed by atoms with van der Waals surface area (Å²) in [4.78, 5) is 24.2. The molecule has 1 aromatic carbocycles. The first kappa shape index (κ1) is 18.4. The number of aliphatic carboxylic acids is 1. The molecule has 0 atom stereocenters. The maximum Gasteiger partial charge on any atom is 0.303 e. The molecule has 1 N–H and O–H groups in total. The van der Waals surface area contributed by atoms with E-state index in [-0.39, 0.29) is 49.8 Å². The number of hydrogen-bond acceptors (Lipinski definition) is 4. The highest BCUT2D eigenvalue weighted by Crippen LogP contribution is 2.20. The largest absolute Gasteiger partial charge is 0.481 e. The second kappa shape index (κ2) is 7.31. The number of carboxylic acid groups (broad SMARTS) is 1. The summed E-state index contributed by atoms with van der Waals surface area (Å²) < 4.78 is 26.7. The van der Waals surface area contributed by atoms with Gasteiger partial charge in [-0.15, -0.1) is 0 Å². The van der Waals surface area contributed by atoms with Crippen LogP contribution in [-0.2, 0) is 19.6 Å². The van der Waals surface area contributed by atoms with Crippen LogP contribution in [0.15, 0.2) is 23.1 Å². The van der Waals surface area contributed by atoms with Gasteiger partial charge in [-0.05, 0) is 37.1 Å². The van der Waals surface area contributed by atoms with Crippen LogP contribution in [0.1, 0.15) is 24.0 Å². The Kier molecular flexibility index (Phi) is 5.61. The molecule has 1 saturated heterocycles. The fraction of sp³-hybridized carbons (Fsp3) is 0.500. The van der Waals surface area contributed by atoms with Gasteiger partial charge in [0.1, 0.15) is 0 Å². The van der Waals surface area contributed by atoms with Crippen molar-refractivity contribution in [1.29, 1.82) is 0 Å². The summed E-state index contributed by atoms with van der Waals surface area (Å²) in [6.07, 6.45) is -0.265. The Labute approximate surface area is 141 Å². The van der Waals surface area contributed by atoms with Crippen LogP contribution >= 0.6 is 0 Å². The van der Waals surface area contributed by atoms with Gasteiger partial charge in [-0.1, -0.05) is 6.07 Å². The van der Waals surface area contributed by atoms with E-state index in [0.717, 1.165) is 11.1 Å². The number of hydrogen-bond donors (Lipinski definition) is 1. The molecule has 2 rings (SSSR count). The first-order chi connectivity index (χ1) is 11.2. The highest BCUT2D eigenvalue weighted by atomic mass is 32.2. The quantitative estimate of drug-likeness (QED) is 0.851. The summed E-state index contributed by atoms with van der Waals surface area (Å²) >= 11 is 0. The molecule has 1 heterocycles. The minimum absolute atomic E-state index is 0.0563. The minimum Gasteiger partial charge on any atom is -0.481 e. The van der Waals surface area contributed by atoms with E-state index in [1.54, 1.807) is 18.2 Å². The van der Waals surface area contributed by atoms with E-state index in [9.17, 15) is 18.0 Å². The van der Waals surface area contributed by atoms with Crippen LogP contribution < -0.4 is 0 Å². The number of carbonyl (C=O) groups is 2. The van der Waals surface area contributed by atoms with Crippen molar-refractivity contribution in [3.63, 3.8) is 0 Å². The number of benzene rings is 1. The Morgan fingerprint density at radius 3 is 2.21 bits per heavy atom. The molecule has 1 aliphatic rings. The lowest BCUT2D eigenvalue weighted by Crippen LogP contribution is -2.50. The zero-order valence-corrected chi connectivity index (χ0v) is 14.7. The van der Waals surface area contributed by atoms with Crippen molar-refractivity contribution >= 4 is 21.9 Å². The molecule has 1 aliphatic heterocycles. The van der Waals surface area contributed by atoms with Crippen molar-refractivity contribution in [2.75, 3.05) is 26.2 Å². The third-order valence-corrected chi connectivity index (χ3v) is 6.15. The summed E-state index contributed by atoms with van der Waals surface area (Å²) in [5, 5.41) is 8.62. The predicted octanol–water partition coefficient (Wildman–Crippen LogP) is 1.00. The highest BCUT2D eigenvalue weighted by Gasteiger charge is 2.30. The first-order valence-corrected chi connectivity index (χ1v) is 9.23. The predicted molar refractivity (Wildman–Crippen MR) is 88.1 cm³/mol. The average molecular weight is 354 g/mol. The summed E-state index contributed by atoms with van der Waals surface area (Å²) in [6.45, 7) is 4.79. The summed E-state index contributed by atoms with van der Waals surface area (Å²) in [7, 11) is -3.57. The van der Waals surface area contributed by atoms with Crippen LogP contribution in [0.4, 0.5) is 0 Å². The van der Waals surface area contributed by atoms with Gasteiger partial charge in [0.2, 0.25) is 15.9 Å². The third-order valence-electron chi connectivity index (χ3n) is 4.26. The molecular weight excluding hydrogens is 332 g/mol. The Balaban J connectivity index is 2.01. The number of piperazine rings is 1. The standard InChI is InChI=1S/C16H22N2O5S/c1-12-3-4-14(11-13(12)2)24(22,23)18-9-7-17(8-10-18)15(19)5-6-16(20)21/h3-4,11H,5-10H2,1-2H3,(H,20,21). The summed E-state index contributed by atoms with van der Waals surface area (Å²) in [5.74, 6) is -1.26. The monoisotopic (exact) mass is 354 g/mol. The second-order valence-corrected chi connectivity index (χ2v) is 7.86. The second-order valence-electron chi connectivity index (χ2n) is 5.92. The number of carboxylic acids is 1. The van der Waals surface area contributed by atoms with E-state index in [2.05, 4.69) is 0 Å². The molecule has 0 bridgehead atoms. The molecular formula is C16H22N2O5S. The lowest BCUT2D eigenvalue weighted by Gasteiger charge is -2.34. The molecule has 0 aromatic heterocycles. The van der Waals surface area contributed by atoms with Gasteiger partial charge >= 0.3 is 5.97 Å². The van der Waals surface area contributed by atoms with E-state index in [1.807, 2.05) is 13.8 Å². The molecule has 1 aromatic rings. The molecule has 0 unspecified atom stereocenters. The lowest BCUT2D eigenvalue weighted by atomic mass is 10.1. The van der Waals surface area contributed by atoms with E-state index in [1.165, 1.54) is 9.21 Å². The molecule has 7 nitrogen and oxygen atoms in total. The van der Waals surface area contributed by atoms with Crippen molar-refractivity contribution in [3.05, 3.63) is 29.3 Å². The van der Waals surface area contributed by atoms with Gasteiger partial charge in [-0.2, -0.15) is 4.31 Å². The maximum atomic E-state index is 12.7. The fourth-order valence-electron chi connectivity index (χ4n) is 2.57. The number of rotatable bonds is 5. The van der Waals surface area contributed by atoms with Crippen LogP contribution in [0.25, 0.3) is 0 Å². The fourth-order valence-corrected chi connectivity index (χ4v) is 4.08.